The molecule has 2 N–H and O–H groups in total. The van der Waals surface area contributed by atoms with Crippen LogP contribution in [0.15, 0.2) is 4.99 Å². The minimum atomic E-state index is -0.259. The fourth-order valence-electron chi connectivity index (χ4n) is 5.70. The van der Waals surface area contributed by atoms with Gasteiger partial charge in [-0.3, -0.25) is 10.0 Å². The lowest BCUT2D eigenvalue weighted by atomic mass is 10.0. The molecule has 5 heteroatoms. The van der Waals surface area contributed by atoms with Crippen LogP contribution in [0.1, 0.15) is 205 Å². The van der Waals surface area contributed by atoms with E-state index in [9.17, 15) is 9.59 Å². The molecule has 0 bridgehead atoms. The van der Waals surface area contributed by atoms with E-state index in [4.69, 9.17) is 5.21 Å². The Morgan fingerprint density at radius 3 is 0.875 bits per heavy atom. The van der Waals surface area contributed by atoms with Crippen molar-refractivity contribution in [2.45, 2.75) is 205 Å². The first-order valence-corrected chi connectivity index (χ1v) is 17.8. The Bertz CT molecular complexity index is 549. The van der Waals surface area contributed by atoms with Gasteiger partial charge in [0.25, 0.3) is 0 Å². The summed E-state index contributed by atoms with van der Waals surface area (Å²) in [4.78, 5) is 24.5. The van der Waals surface area contributed by atoms with Crippen LogP contribution in [-0.4, -0.2) is 23.7 Å². The zero-order chi connectivity index (χ0) is 29.0. The van der Waals surface area contributed by atoms with Gasteiger partial charge in [0.15, 0.2) is 0 Å². The van der Waals surface area contributed by atoms with Crippen LogP contribution in [0.2, 0.25) is 0 Å². The Morgan fingerprint density at radius 1 is 0.425 bits per heavy atom. The minimum Gasteiger partial charge on any atom is -0.289 e. The number of hydroxylamine groups is 1. The van der Waals surface area contributed by atoms with Crippen molar-refractivity contribution >= 4 is 12.0 Å². The summed E-state index contributed by atoms with van der Waals surface area (Å²) >= 11 is 0. The molecule has 0 unspecified atom stereocenters. The second-order valence-electron chi connectivity index (χ2n) is 12.2. The third-order valence-corrected chi connectivity index (χ3v) is 8.36. The first-order valence-electron chi connectivity index (χ1n) is 17.8. The first-order chi connectivity index (χ1) is 19.8. The highest BCUT2D eigenvalue weighted by molar-refractivity contribution is 5.74. The Morgan fingerprint density at radius 2 is 0.650 bits per heavy atom. The monoisotopic (exact) mass is 565 g/mol. The molecular formula is C35H68N2O3. The van der Waals surface area contributed by atoms with Gasteiger partial charge in [-0.05, 0) is 12.8 Å². The van der Waals surface area contributed by atoms with Crippen LogP contribution in [-0.2, 0) is 9.59 Å². The van der Waals surface area contributed by atoms with Crippen molar-refractivity contribution in [3.05, 3.63) is 0 Å². The van der Waals surface area contributed by atoms with Crippen LogP contribution in [0.4, 0.5) is 0 Å². The van der Waals surface area contributed by atoms with Crippen molar-refractivity contribution in [3.63, 3.8) is 0 Å². The average Bonchev–Trinajstić information content (AvgIpc) is 2.97. The molecule has 0 fully saturated rings. The summed E-state index contributed by atoms with van der Waals surface area (Å²) in [6.07, 6.45) is 44.1. The van der Waals surface area contributed by atoms with Gasteiger partial charge in [0.1, 0.15) is 0 Å². The molecule has 0 aliphatic heterocycles. The molecular weight excluding hydrogens is 496 g/mol. The zero-order valence-corrected chi connectivity index (χ0v) is 26.5. The van der Waals surface area contributed by atoms with E-state index in [0.717, 1.165) is 19.3 Å². The molecule has 1 amide bonds. The maximum absolute atomic E-state index is 10.9. The Balaban J connectivity index is 3.05. The van der Waals surface area contributed by atoms with Gasteiger partial charge in [-0.2, -0.15) is 0 Å². The van der Waals surface area contributed by atoms with Gasteiger partial charge in [-0.25, -0.2) is 15.3 Å². The topological polar surface area (TPSA) is 78.8 Å². The van der Waals surface area contributed by atoms with Crippen LogP contribution in [0, 0.1) is 0 Å². The first kappa shape index (κ1) is 38.8. The summed E-state index contributed by atoms with van der Waals surface area (Å²) in [7, 11) is 0. The predicted octanol–water partition coefficient (Wildman–Crippen LogP) is 11.3. The van der Waals surface area contributed by atoms with Crippen molar-refractivity contribution in [3.8, 4) is 0 Å². The molecule has 0 saturated heterocycles. The van der Waals surface area contributed by atoms with Crippen molar-refractivity contribution in [2.75, 3.05) is 6.54 Å². The van der Waals surface area contributed by atoms with E-state index in [-0.39, 0.29) is 5.91 Å². The maximum Gasteiger partial charge on any atom is 0.243 e. The summed E-state index contributed by atoms with van der Waals surface area (Å²) in [5, 5.41) is 8.45. The summed E-state index contributed by atoms with van der Waals surface area (Å²) in [5.74, 6) is -0.259. The van der Waals surface area contributed by atoms with Gasteiger partial charge in [-0.15, -0.1) is 0 Å². The fraction of sp³-hybridized carbons (Fsp3) is 0.943. The molecule has 0 radical (unpaired) electrons. The molecule has 236 valence electrons. The van der Waals surface area contributed by atoms with Crippen LogP contribution < -0.4 is 5.48 Å². The third kappa shape index (κ3) is 34.8. The normalized spacial score (nSPS) is 11.0. The molecule has 0 atom stereocenters. The second kappa shape index (κ2) is 35.8. The second-order valence-corrected chi connectivity index (χ2v) is 12.2. The summed E-state index contributed by atoms with van der Waals surface area (Å²) in [6.45, 7) is 0.661. The van der Waals surface area contributed by atoms with Gasteiger partial charge >= 0.3 is 0 Å². The number of hydrogen-bond donors (Lipinski definition) is 2. The Labute approximate surface area is 249 Å². The number of carbonyl (C=O) groups is 1. The van der Waals surface area contributed by atoms with Gasteiger partial charge in [0.05, 0.1) is 6.54 Å². The number of aliphatic imine (C=N–C) groups is 1. The van der Waals surface area contributed by atoms with E-state index in [2.05, 4.69) is 4.99 Å². The highest BCUT2D eigenvalue weighted by Gasteiger charge is 1.99. The van der Waals surface area contributed by atoms with Crippen molar-refractivity contribution < 1.29 is 14.8 Å². The van der Waals surface area contributed by atoms with Gasteiger partial charge < -0.3 is 0 Å². The summed E-state index contributed by atoms with van der Waals surface area (Å²) in [6, 6.07) is 0. The number of carbonyl (C=O) groups excluding carboxylic acids is 2. The molecule has 0 aromatic heterocycles. The molecule has 0 aromatic rings. The highest BCUT2D eigenvalue weighted by atomic mass is 16.5. The largest absolute Gasteiger partial charge is 0.289 e. The standard InChI is InChI=1S/C35H68N2O3/c38-34-36-33-31-29-27-25-23-21-19-17-15-13-11-9-7-5-3-1-2-4-6-8-10-12-14-16-18-20-22-24-26-28-30-32-35(39)37-40/h40H,1-33H2,(H,37,39). The van der Waals surface area contributed by atoms with Crippen molar-refractivity contribution in [1.82, 2.24) is 5.48 Å². The average molecular weight is 565 g/mol. The lowest BCUT2D eigenvalue weighted by Gasteiger charge is -2.05. The number of hydrogen-bond acceptors (Lipinski definition) is 4. The third-order valence-electron chi connectivity index (χ3n) is 8.36. The number of nitrogens with zero attached hydrogens (tertiary/aromatic N) is 1. The molecule has 0 saturated carbocycles. The van der Waals surface area contributed by atoms with E-state index in [1.54, 1.807) is 11.6 Å². The SMILES string of the molecule is O=C=NCCCCCCCCCCCCCCCCCCCCCCCCCCCCCCCCCC(=O)NO. The van der Waals surface area contributed by atoms with E-state index in [1.807, 2.05) is 0 Å². The molecule has 0 rings (SSSR count). The number of rotatable bonds is 34. The van der Waals surface area contributed by atoms with E-state index < -0.39 is 0 Å². The summed E-state index contributed by atoms with van der Waals surface area (Å²) < 4.78 is 0. The smallest absolute Gasteiger partial charge is 0.243 e. The molecule has 0 spiro atoms. The van der Waals surface area contributed by atoms with Gasteiger partial charge in [0.2, 0.25) is 12.0 Å². The molecule has 5 nitrogen and oxygen atoms in total. The zero-order valence-electron chi connectivity index (χ0n) is 26.5. The molecule has 0 aliphatic rings. The van der Waals surface area contributed by atoms with Crippen LogP contribution >= 0.6 is 0 Å². The van der Waals surface area contributed by atoms with Crippen LogP contribution in [0.3, 0.4) is 0 Å². The molecule has 0 heterocycles. The lowest BCUT2D eigenvalue weighted by Crippen LogP contribution is -2.17. The number of unbranched alkanes of at least 4 members (excludes halogenated alkanes) is 30. The summed E-state index contributed by atoms with van der Waals surface area (Å²) in [5.41, 5.74) is 1.70. The molecule has 0 aromatic carbocycles. The predicted molar refractivity (Wildman–Crippen MR) is 171 cm³/mol. The number of isocyanates is 1. The maximum atomic E-state index is 10.9. The van der Waals surface area contributed by atoms with E-state index in [0.29, 0.717) is 13.0 Å². The Kier molecular flexibility index (Phi) is 34.8. The van der Waals surface area contributed by atoms with Crippen LogP contribution in [0.5, 0.6) is 0 Å². The highest BCUT2D eigenvalue weighted by Crippen LogP contribution is 2.16. The van der Waals surface area contributed by atoms with Gasteiger partial charge in [-0.1, -0.05) is 186 Å². The minimum absolute atomic E-state index is 0.259. The molecule has 40 heavy (non-hydrogen) atoms. The lowest BCUT2D eigenvalue weighted by molar-refractivity contribution is -0.129. The van der Waals surface area contributed by atoms with E-state index in [1.165, 1.54) is 180 Å². The van der Waals surface area contributed by atoms with Crippen molar-refractivity contribution in [1.29, 1.82) is 0 Å². The molecule has 0 aliphatic carbocycles. The number of nitrogens with one attached hydrogen (secondary N) is 1. The number of amides is 1. The Hall–Kier alpha value is -1.19. The van der Waals surface area contributed by atoms with Gasteiger partial charge in [0, 0.05) is 6.42 Å². The fourth-order valence-corrected chi connectivity index (χ4v) is 5.70. The van der Waals surface area contributed by atoms with Crippen molar-refractivity contribution in [2.24, 2.45) is 4.99 Å². The van der Waals surface area contributed by atoms with Crippen LogP contribution in [0.25, 0.3) is 0 Å². The van der Waals surface area contributed by atoms with E-state index >= 15 is 0 Å². The quantitative estimate of drug-likeness (QED) is 0.0268.